The SMILES string of the molecule is COC(=O)[C@@H]1CC(=O)N(c2ccc(Br)cc2OC)C1. The summed E-state index contributed by atoms with van der Waals surface area (Å²) < 4.78 is 10.8. The van der Waals surface area contributed by atoms with Crippen LogP contribution in [0.3, 0.4) is 0 Å². The molecule has 1 amide bonds. The summed E-state index contributed by atoms with van der Waals surface area (Å²) in [6, 6.07) is 5.41. The van der Waals surface area contributed by atoms with Crippen LogP contribution in [0.25, 0.3) is 0 Å². The molecule has 1 saturated heterocycles. The molecule has 6 heteroatoms. The van der Waals surface area contributed by atoms with Crippen molar-refractivity contribution in [3.8, 4) is 5.75 Å². The Hall–Kier alpha value is -1.56. The maximum Gasteiger partial charge on any atom is 0.311 e. The van der Waals surface area contributed by atoms with Gasteiger partial charge in [-0.05, 0) is 18.2 Å². The molecule has 102 valence electrons. The van der Waals surface area contributed by atoms with Crippen LogP contribution in [0.15, 0.2) is 22.7 Å². The lowest BCUT2D eigenvalue weighted by atomic mass is 10.1. The van der Waals surface area contributed by atoms with E-state index in [1.54, 1.807) is 24.1 Å². The van der Waals surface area contributed by atoms with Crippen LogP contribution in [-0.2, 0) is 14.3 Å². The second kappa shape index (κ2) is 5.61. The Kier molecular flexibility index (Phi) is 4.09. The number of anilines is 1. The van der Waals surface area contributed by atoms with Crippen molar-refractivity contribution in [1.82, 2.24) is 0 Å². The number of hydrogen-bond donors (Lipinski definition) is 0. The number of rotatable bonds is 3. The van der Waals surface area contributed by atoms with E-state index in [1.807, 2.05) is 6.07 Å². The number of ether oxygens (including phenoxy) is 2. The van der Waals surface area contributed by atoms with E-state index in [4.69, 9.17) is 4.74 Å². The molecule has 0 N–H and O–H groups in total. The standard InChI is InChI=1S/C13H14BrNO4/c1-18-11-6-9(14)3-4-10(11)15-7-8(5-12(15)16)13(17)19-2/h3-4,6,8H,5,7H2,1-2H3/t8-/m1/s1. The highest BCUT2D eigenvalue weighted by Gasteiger charge is 2.36. The Morgan fingerprint density at radius 3 is 2.79 bits per heavy atom. The molecule has 0 spiro atoms. The number of benzene rings is 1. The Morgan fingerprint density at radius 1 is 1.42 bits per heavy atom. The molecule has 0 radical (unpaired) electrons. The fourth-order valence-electron chi connectivity index (χ4n) is 2.14. The molecule has 5 nitrogen and oxygen atoms in total. The first-order valence-electron chi connectivity index (χ1n) is 5.78. The summed E-state index contributed by atoms with van der Waals surface area (Å²) in [6.07, 6.45) is 0.173. The number of halogens is 1. The molecular weight excluding hydrogens is 314 g/mol. The van der Waals surface area contributed by atoms with E-state index in [0.717, 1.165) is 4.47 Å². The molecule has 1 heterocycles. The van der Waals surface area contributed by atoms with Crippen molar-refractivity contribution in [3.05, 3.63) is 22.7 Å². The highest BCUT2D eigenvalue weighted by Crippen LogP contribution is 2.35. The molecule has 0 aromatic heterocycles. The average Bonchev–Trinajstić information content (AvgIpc) is 2.79. The molecule has 0 aliphatic carbocycles. The fourth-order valence-corrected chi connectivity index (χ4v) is 2.48. The van der Waals surface area contributed by atoms with Gasteiger partial charge in [0.1, 0.15) is 5.75 Å². The number of hydrogen-bond acceptors (Lipinski definition) is 4. The molecule has 1 aromatic carbocycles. The van der Waals surface area contributed by atoms with Crippen molar-refractivity contribution >= 4 is 33.5 Å². The van der Waals surface area contributed by atoms with Crippen molar-refractivity contribution in [1.29, 1.82) is 0 Å². The molecule has 19 heavy (non-hydrogen) atoms. The minimum absolute atomic E-state index is 0.101. The van der Waals surface area contributed by atoms with Gasteiger partial charge < -0.3 is 14.4 Å². The zero-order chi connectivity index (χ0) is 14.0. The molecule has 0 unspecified atom stereocenters. The molecule has 1 aromatic rings. The van der Waals surface area contributed by atoms with E-state index in [9.17, 15) is 9.59 Å². The number of nitrogens with zero attached hydrogens (tertiary/aromatic N) is 1. The summed E-state index contributed by atoms with van der Waals surface area (Å²) in [5, 5.41) is 0. The number of methoxy groups -OCH3 is 2. The summed E-state index contributed by atoms with van der Waals surface area (Å²) in [4.78, 5) is 25.1. The minimum Gasteiger partial charge on any atom is -0.495 e. The summed E-state index contributed by atoms with van der Waals surface area (Å²) >= 11 is 3.35. The maximum absolute atomic E-state index is 12.0. The van der Waals surface area contributed by atoms with E-state index in [0.29, 0.717) is 18.0 Å². The molecule has 1 fully saturated rings. The fraction of sp³-hybridized carbons (Fsp3) is 0.385. The van der Waals surface area contributed by atoms with E-state index in [-0.39, 0.29) is 18.3 Å². The van der Waals surface area contributed by atoms with Crippen LogP contribution in [0.2, 0.25) is 0 Å². The average molecular weight is 328 g/mol. The number of esters is 1. The van der Waals surface area contributed by atoms with Crippen LogP contribution in [0, 0.1) is 5.92 Å². The number of amides is 1. The summed E-state index contributed by atoms with van der Waals surface area (Å²) in [5.41, 5.74) is 0.669. The van der Waals surface area contributed by atoms with Gasteiger partial charge in [-0.15, -0.1) is 0 Å². The van der Waals surface area contributed by atoms with E-state index in [1.165, 1.54) is 7.11 Å². The third-order valence-corrected chi connectivity index (χ3v) is 3.59. The van der Waals surface area contributed by atoms with Gasteiger partial charge in [-0.3, -0.25) is 9.59 Å². The lowest BCUT2D eigenvalue weighted by Gasteiger charge is -2.19. The number of carbonyl (C=O) groups is 2. The van der Waals surface area contributed by atoms with Crippen molar-refractivity contribution in [2.24, 2.45) is 5.92 Å². The Morgan fingerprint density at radius 2 is 2.16 bits per heavy atom. The van der Waals surface area contributed by atoms with Crippen LogP contribution in [0.5, 0.6) is 5.75 Å². The van der Waals surface area contributed by atoms with Crippen molar-refractivity contribution in [3.63, 3.8) is 0 Å². The smallest absolute Gasteiger partial charge is 0.311 e. The Balaban J connectivity index is 2.28. The third-order valence-electron chi connectivity index (χ3n) is 3.09. The predicted molar refractivity (Wildman–Crippen MR) is 73.2 cm³/mol. The van der Waals surface area contributed by atoms with Gasteiger partial charge in [0.05, 0.1) is 25.8 Å². The van der Waals surface area contributed by atoms with E-state index < -0.39 is 5.92 Å². The lowest BCUT2D eigenvalue weighted by molar-refractivity contribution is -0.145. The zero-order valence-electron chi connectivity index (χ0n) is 10.7. The second-order valence-electron chi connectivity index (χ2n) is 4.24. The maximum atomic E-state index is 12.0. The number of carbonyl (C=O) groups excluding carboxylic acids is 2. The van der Waals surface area contributed by atoms with Gasteiger partial charge in [0.15, 0.2) is 0 Å². The van der Waals surface area contributed by atoms with E-state index >= 15 is 0 Å². The van der Waals surface area contributed by atoms with Crippen molar-refractivity contribution < 1.29 is 19.1 Å². The molecule has 1 aliphatic heterocycles. The van der Waals surface area contributed by atoms with Gasteiger partial charge in [-0.25, -0.2) is 0 Å². The van der Waals surface area contributed by atoms with Crippen LogP contribution < -0.4 is 9.64 Å². The van der Waals surface area contributed by atoms with E-state index in [2.05, 4.69) is 20.7 Å². The zero-order valence-corrected chi connectivity index (χ0v) is 12.3. The molecule has 2 rings (SSSR count). The van der Waals surface area contributed by atoms with Gasteiger partial charge >= 0.3 is 5.97 Å². The van der Waals surface area contributed by atoms with Gasteiger partial charge in [-0.2, -0.15) is 0 Å². The summed E-state index contributed by atoms with van der Waals surface area (Å²) in [6.45, 7) is 0.323. The quantitative estimate of drug-likeness (QED) is 0.796. The Bertz CT molecular complexity index is 517. The van der Waals surface area contributed by atoms with Crippen LogP contribution >= 0.6 is 15.9 Å². The van der Waals surface area contributed by atoms with Crippen LogP contribution in [-0.4, -0.2) is 32.6 Å². The van der Waals surface area contributed by atoms with Crippen molar-refractivity contribution in [2.75, 3.05) is 25.7 Å². The predicted octanol–water partition coefficient (Wildman–Crippen LogP) is 1.98. The minimum atomic E-state index is -0.411. The first-order valence-corrected chi connectivity index (χ1v) is 6.58. The van der Waals surface area contributed by atoms with Gasteiger partial charge in [0.2, 0.25) is 5.91 Å². The topological polar surface area (TPSA) is 55.8 Å². The molecular formula is C13H14BrNO4. The Labute approximate surface area is 119 Å². The first kappa shape index (κ1) is 13.9. The molecule has 1 aliphatic rings. The van der Waals surface area contributed by atoms with Crippen LogP contribution in [0.4, 0.5) is 5.69 Å². The van der Waals surface area contributed by atoms with Gasteiger partial charge in [-0.1, -0.05) is 15.9 Å². The summed E-state index contributed by atoms with van der Waals surface area (Å²) in [5.74, 6) is -0.276. The highest BCUT2D eigenvalue weighted by molar-refractivity contribution is 9.10. The second-order valence-corrected chi connectivity index (χ2v) is 5.16. The largest absolute Gasteiger partial charge is 0.495 e. The summed E-state index contributed by atoms with van der Waals surface area (Å²) in [7, 11) is 2.87. The normalized spacial score (nSPS) is 18.6. The molecule has 1 atom stereocenters. The van der Waals surface area contributed by atoms with Gasteiger partial charge in [0, 0.05) is 17.4 Å². The molecule has 0 saturated carbocycles. The first-order chi connectivity index (χ1) is 9.06. The highest BCUT2D eigenvalue weighted by atomic mass is 79.9. The molecule has 0 bridgehead atoms. The van der Waals surface area contributed by atoms with Crippen molar-refractivity contribution in [2.45, 2.75) is 6.42 Å². The lowest BCUT2D eigenvalue weighted by Crippen LogP contribution is -2.26. The third kappa shape index (κ3) is 2.73. The van der Waals surface area contributed by atoms with Gasteiger partial charge in [0.25, 0.3) is 0 Å². The van der Waals surface area contributed by atoms with Crippen LogP contribution in [0.1, 0.15) is 6.42 Å². The monoisotopic (exact) mass is 327 g/mol.